The molecule has 8 nitrogen and oxygen atoms in total. The number of rotatable bonds is 8. The number of hydrogen-bond donors (Lipinski definition) is 0. The molecule has 0 saturated heterocycles. The third kappa shape index (κ3) is 5.86. The standard InChI is InChI=1S/C20H19ClN4O4/c1-28-19(27)13-25(12-14-5-7-15(21)8-6-14)18(26)10-9-17-23-20(24-29-17)16-4-2-3-11-22-16/h2-8,11H,9-10,12-13H2,1H3. The van der Waals surface area contributed by atoms with Crippen LogP contribution in [0.5, 0.6) is 0 Å². The third-order valence-electron chi connectivity index (χ3n) is 4.10. The molecule has 0 atom stereocenters. The van der Waals surface area contributed by atoms with E-state index in [0.29, 0.717) is 22.4 Å². The fourth-order valence-corrected chi connectivity index (χ4v) is 2.72. The Morgan fingerprint density at radius 3 is 2.66 bits per heavy atom. The summed E-state index contributed by atoms with van der Waals surface area (Å²) in [5.41, 5.74) is 1.44. The number of methoxy groups -OCH3 is 1. The molecule has 3 rings (SSSR count). The van der Waals surface area contributed by atoms with Crippen LogP contribution in [0.2, 0.25) is 5.02 Å². The number of halogens is 1. The summed E-state index contributed by atoms with van der Waals surface area (Å²) in [6.45, 7) is 0.106. The Labute approximate surface area is 172 Å². The average molecular weight is 415 g/mol. The molecule has 0 aliphatic rings. The number of carbonyl (C=O) groups excluding carboxylic acids is 2. The van der Waals surface area contributed by atoms with Crippen molar-refractivity contribution in [1.29, 1.82) is 0 Å². The lowest BCUT2D eigenvalue weighted by Gasteiger charge is -2.21. The van der Waals surface area contributed by atoms with E-state index in [0.717, 1.165) is 5.56 Å². The van der Waals surface area contributed by atoms with E-state index in [4.69, 9.17) is 20.9 Å². The minimum Gasteiger partial charge on any atom is -0.468 e. The van der Waals surface area contributed by atoms with Gasteiger partial charge in [-0.3, -0.25) is 14.6 Å². The summed E-state index contributed by atoms with van der Waals surface area (Å²) in [5.74, 6) is -0.0466. The van der Waals surface area contributed by atoms with Crippen LogP contribution in [0, 0.1) is 0 Å². The lowest BCUT2D eigenvalue weighted by atomic mass is 10.2. The van der Waals surface area contributed by atoms with E-state index in [-0.39, 0.29) is 31.8 Å². The molecule has 0 aliphatic carbocycles. The van der Waals surface area contributed by atoms with Gasteiger partial charge in [-0.1, -0.05) is 35.0 Å². The molecule has 0 radical (unpaired) electrons. The van der Waals surface area contributed by atoms with Crippen LogP contribution in [0.15, 0.2) is 53.2 Å². The molecule has 9 heteroatoms. The van der Waals surface area contributed by atoms with Crippen molar-refractivity contribution >= 4 is 23.5 Å². The Kier molecular flexibility index (Phi) is 6.91. The van der Waals surface area contributed by atoms with Crippen LogP contribution in [-0.2, 0) is 27.3 Å². The van der Waals surface area contributed by atoms with Crippen LogP contribution in [0.4, 0.5) is 0 Å². The molecule has 29 heavy (non-hydrogen) atoms. The van der Waals surface area contributed by atoms with Crippen LogP contribution in [0.3, 0.4) is 0 Å². The number of nitrogens with zero attached hydrogens (tertiary/aromatic N) is 4. The molecule has 0 fully saturated rings. The first-order valence-electron chi connectivity index (χ1n) is 8.88. The molecule has 0 bridgehead atoms. The SMILES string of the molecule is COC(=O)CN(Cc1ccc(Cl)cc1)C(=O)CCc1nc(-c2ccccn2)no1. The van der Waals surface area contributed by atoms with Crippen molar-refractivity contribution < 1.29 is 18.8 Å². The number of aryl methyl sites for hydroxylation is 1. The number of pyridine rings is 1. The summed E-state index contributed by atoms with van der Waals surface area (Å²) in [6.07, 6.45) is 1.99. The lowest BCUT2D eigenvalue weighted by Crippen LogP contribution is -2.35. The van der Waals surface area contributed by atoms with E-state index in [1.54, 1.807) is 42.6 Å². The molecular weight excluding hydrogens is 396 g/mol. The van der Waals surface area contributed by atoms with Crippen molar-refractivity contribution in [2.45, 2.75) is 19.4 Å². The molecule has 150 valence electrons. The van der Waals surface area contributed by atoms with Gasteiger partial charge in [0.25, 0.3) is 0 Å². The summed E-state index contributed by atoms with van der Waals surface area (Å²) in [7, 11) is 1.28. The van der Waals surface area contributed by atoms with E-state index in [2.05, 4.69) is 15.1 Å². The van der Waals surface area contributed by atoms with Gasteiger partial charge < -0.3 is 14.2 Å². The smallest absolute Gasteiger partial charge is 0.325 e. The summed E-state index contributed by atoms with van der Waals surface area (Å²) >= 11 is 5.90. The molecule has 2 heterocycles. The summed E-state index contributed by atoms with van der Waals surface area (Å²) in [4.78, 5) is 34.3. The molecule has 1 aromatic carbocycles. The quantitative estimate of drug-likeness (QED) is 0.522. The maximum Gasteiger partial charge on any atom is 0.325 e. The van der Waals surface area contributed by atoms with Gasteiger partial charge in [-0.05, 0) is 29.8 Å². The Morgan fingerprint density at radius 1 is 1.17 bits per heavy atom. The van der Waals surface area contributed by atoms with Crippen molar-refractivity contribution in [2.24, 2.45) is 0 Å². The molecule has 1 amide bonds. The van der Waals surface area contributed by atoms with Crippen molar-refractivity contribution in [2.75, 3.05) is 13.7 Å². The van der Waals surface area contributed by atoms with E-state index >= 15 is 0 Å². The van der Waals surface area contributed by atoms with Gasteiger partial charge in [0, 0.05) is 30.6 Å². The maximum atomic E-state index is 12.7. The van der Waals surface area contributed by atoms with Crippen molar-refractivity contribution in [3.63, 3.8) is 0 Å². The number of amides is 1. The van der Waals surface area contributed by atoms with Gasteiger partial charge in [-0.25, -0.2) is 0 Å². The minimum atomic E-state index is -0.498. The predicted molar refractivity (Wildman–Crippen MR) is 105 cm³/mol. The highest BCUT2D eigenvalue weighted by atomic mass is 35.5. The predicted octanol–water partition coefficient (Wildman–Crippen LogP) is 2.92. The lowest BCUT2D eigenvalue weighted by molar-refractivity contribution is -0.147. The highest BCUT2D eigenvalue weighted by Crippen LogP contribution is 2.15. The molecule has 0 saturated carbocycles. The van der Waals surface area contributed by atoms with Crippen molar-refractivity contribution in [3.8, 4) is 11.5 Å². The minimum absolute atomic E-state index is 0.106. The topological polar surface area (TPSA) is 98.4 Å². The van der Waals surface area contributed by atoms with Crippen LogP contribution in [0.1, 0.15) is 17.9 Å². The second kappa shape index (κ2) is 9.79. The number of benzene rings is 1. The summed E-state index contributed by atoms with van der Waals surface area (Å²) in [5, 5.41) is 4.48. The van der Waals surface area contributed by atoms with Crippen LogP contribution >= 0.6 is 11.6 Å². The second-order valence-electron chi connectivity index (χ2n) is 6.18. The number of hydrogen-bond acceptors (Lipinski definition) is 7. The highest BCUT2D eigenvalue weighted by Gasteiger charge is 2.19. The number of carbonyl (C=O) groups is 2. The molecule has 0 aliphatic heterocycles. The summed E-state index contributed by atoms with van der Waals surface area (Å²) in [6, 6.07) is 12.5. The zero-order valence-electron chi connectivity index (χ0n) is 15.7. The van der Waals surface area contributed by atoms with E-state index in [9.17, 15) is 9.59 Å². The molecule has 0 spiro atoms. The Hall–Kier alpha value is -3.26. The maximum absolute atomic E-state index is 12.7. The zero-order chi connectivity index (χ0) is 20.6. The van der Waals surface area contributed by atoms with Gasteiger partial charge in [0.1, 0.15) is 12.2 Å². The van der Waals surface area contributed by atoms with Gasteiger partial charge in [0.05, 0.1) is 7.11 Å². The van der Waals surface area contributed by atoms with Crippen LogP contribution in [-0.4, -0.2) is 45.6 Å². The second-order valence-corrected chi connectivity index (χ2v) is 6.62. The van der Waals surface area contributed by atoms with Crippen LogP contribution < -0.4 is 0 Å². The Balaban J connectivity index is 1.64. The van der Waals surface area contributed by atoms with Crippen molar-refractivity contribution in [1.82, 2.24) is 20.0 Å². The van der Waals surface area contributed by atoms with E-state index in [1.807, 2.05) is 6.07 Å². The molecule has 0 unspecified atom stereocenters. The van der Waals surface area contributed by atoms with Gasteiger partial charge in [-0.15, -0.1) is 0 Å². The zero-order valence-corrected chi connectivity index (χ0v) is 16.5. The van der Waals surface area contributed by atoms with E-state index < -0.39 is 5.97 Å². The largest absolute Gasteiger partial charge is 0.468 e. The Morgan fingerprint density at radius 2 is 1.97 bits per heavy atom. The van der Waals surface area contributed by atoms with Crippen molar-refractivity contribution in [3.05, 3.63) is 65.1 Å². The normalized spacial score (nSPS) is 10.6. The summed E-state index contributed by atoms with van der Waals surface area (Å²) < 4.78 is 9.91. The van der Waals surface area contributed by atoms with Gasteiger partial charge in [-0.2, -0.15) is 4.98 Å². The van der Waals surface area contributed by atoms with Gasteiger partial charge in [0.15, 0.2) is 0 Å². The molecule has 3 aromatic rings. The number of ether oxygens (including phenoxy) is 1. The Bertz CT molecular complexity index is 960. The fourth-order valence-electron chi connectivity index (χ4n) is 2.59. The first kappa shape index (κ1) is 20.5. The third-order valence-corrected chi connectivity index (χ3v) is 4.35. The molecular formula is C20H19ClN4O4. The highest BCUT2D eigenvalue weighted by molar-refractivity contribution is 6.30. The van der Waals surface area contributed by atoms with E-state index in [1.165, 1.54) is 12.0 Å². The first-order chi connectivity index (χ1) is 14.0. The van der Waals surface area contributed by atoms with Gasteiger partial charge in [0.2, 0.25) is 17.6 Å². The fraction of sp³-hybridized carbons (Fsp3) is 0.250. The average Bonchev–Trinajstić information content (AvgIpc) is 3.22. The first-order valence-corrected chi connectivity index (χ1v) is 9.26. The monoisotopic (exact) mass is 414 g/mol. The molecule has 0 N–H and O–H groups in total. The number of aromatic nitrogens is 3. The van der Waals surface area contributed by atoms with Crippen LogP contribution in [0.25, 0.3) is 11.5 Å². The number of esters is 1. The molecule has 2 aromatic heterocycles. The van der Waals surface area contributed by atoms with Gasteiger partial charge >= 0.3 is 5.97 Å².